The highest BCUT2D eigenvalue weighted by Crippen LogP contribution is 2.30. The summed E-state index contributed by atoms with van der Waals surface area (Å²) in [7, 11) is 0. The van der Waals surface area contributed by atoms with Crippen molar-refractivity contribution >= 4 is 5.69 Å². The number of anilines is 1. The first-order valence-electron chi connectivity index (χ1n) is 7.94. The highest BCUT2D eigenvalue weighted by molar-refractivity contribution is 5.44. The van der Waals surface area contributed by atoms with Crippen molar-refractivity contribution in [2.75, 3.05) is 11.9 Å². The zero-order valence-electron chi connectivity index (χ0n) is 12.6. The molecule has 0 amide bonds. The van der Waals surface area contributed by atoms with Gasteiger partial charge in [0.2, 0.25) is 5.89 Å². The van der Waals surface area contributed by atoms with Crippen LogP contribution in [0.15, 0.2) is 28.8 Å². The van der Waals surface area contributed by atoms with Crippen LogP contribution in [0.4, 0.5) is 5.69 Å². The van der Waals surface area contributed by atoms with Crippen molar-refractivity contribution in [3.05, 3.63) is 41.5 Å². The molecule has 2 aromatic rings. The van der Waals surface area contributed by atoms with E-state index in [1.807, 2.05) is 0 Å². The van der Waals surface area contributed by atoms with Gasteiger partial charge >= 0.3 is 0 Å². The predicted octanol–water partition coefficient (Wildman–Crippen LogP) is 4.08. The maximum atomic E-state index is 5.37. The number of rotatable bonds is 5. The third kappa shape index (κ3) is 3.84. The molecule has 3 rings (SSSR count). The van der Waals surface area contributed by atoms with Crippen LogP contribution in [0.5, 0.6) is 0 Å². The molecule has 1 aliphatic carbocycles. The molecule has 1 aromatic heterocycles. The Morgan fingerprint density at radius 3 is 2.67 bits per heavy atom. The fourth-order valence-electron chi connectivity index (χ4n) is 2.88. The van der Waals surface area contributed by atoms with Gasteiger partial charge in [-0.05, 0) is 31.9 Å². The molecule has 1 N–H and O–H groups in total. The standard InChI is InChI=1S/C17H23N3O/c1-13-7-9-15(10-8-13)18-12-11-16-19-17(20-21-16)14-5-3-2-4-6-14/h7-10,14,18H,2-6,11-12H2,1H3. The van der Waals surface area contributed by atoms with E-state index >= 15 is 0 Å². The molecule has 0 radical (unpaired) electrons. The Labute approximate surface area is 126 Å². The van der Waals surface area contributed by atoms with Crippen molar-refractivity contribution in [2.24, 2.45) is 0 Å². The number of hydrogen-bond acceptors (Lipinski definition) is 4. The lowest BCUT2D eigenvalue weighted by molar-refractivity contribution is 0.359. The monoisotopic (exact) mass is 285 g/mol. The normalized spacial score (nSPS) is 16.0. The van der Waals surface area contributed by atoms with Crippen LogP contribution in [0.1, 0.15) is 55.3 Å². The van der Waals surface area contributed by atoms with Crippen molar-refractivity contribution in [1.82, 2.24) is 10.1 Å². The molecule has 0 saturated heterocycles. The third-order valence-electron chi connectivity index (χ3n) is 4.17. The second kappa shape index (κ2) is 6.74. The van der Waals surface area contributed by atoms with E-state index in [0.717, 1.165) is 30.4 Å². The van der Waals surface area contributed by atoms with Gasteiger partial charge in [-0.1, -0.05) is 42.1 Å². The summed E-state index contributed by atoms with van der Waals surface area (Å²) in [6, 6.07) is 8.40. The topological polar surface area (TPSA) is 51.0 Å². The first-order valence-corrected chi connectivity index (χ1v) is 7.94. The Morgan fingerprint density at radius 2 is 1.90 bits per heavy atom. The second-order valence-electron chi connectivity index (χ2n) is 5.92. The van der Waals surface area contributed by atoms with E-state index in [1.165, 1.54) is 37.7 Å². The van der Waals surface area contributed by atoms with Gasteiger partial charge in [-0.15, -0.1) is 0 Å². The van der Waals surface area contributed by atoms with Crippen LogP contribution in [0.3, 0.4) is 0 Å². The summed E-state index contributed by atoms with van der Waals surface area (Å²) in [6.45, 7) is 2.91. The number of nitrogens with zero attached hydrogens (tertiary/aromatic N) is 2. The summed E-state index contributed by atoms with van der Waals surface area (Å²) in [5.41, 5.74) is 2.40. The lowest BCUT2D eigenvalue weighted by Gasteiger charge is -2.17. The van der Waals surface area contributed by atoms with E-state index in [-0.39, 0.29) is 0 Å². The van der Waals surface area contributed by atoms with Crippen molar-refractivity contribution < 1.29 is 4.52 Å². The van der Waals surface area contributed by atoms with Gasteiger partial charge in [-0.3, -0.25) is 0 Å². The Kier molecular flexibility index (Phi) is 4.53. The molecule has 112 valence electrons. The predicted molar refractivity (Wildman–Crippen MR) is 83.5 cm³/mol. The number of hydrogen-bond donors (Lipinski definition) is 1. The Morgan fingerprint density at radius 1 is 1.14 bits per heavy atom. The number of aryl methyl sites for hydroxylation is 1. The molecule has 0 bridgehead atoms. The van der Waals surface area contributed by atoms with Gasteiger partial charge < -0.3 is 9.84 Å². The van der Waals surface area contributed by atoms with Gasteiger partial charge in [0.1, 0.15) is 0 Å². The van der Waals surface area contributed by atoms with E-state index in [2.05, 4.69) is 46.6 Å². The van der Waals surface area contributed by atoms with Gasteiger partial charge in [0, 0.05) is 24.6 Å². The molecule has 21 heavy (non-hydrogen) atoms. The lowest BCUT2D eigenvalue weighted by Crippen LogP contribution is -2.07. The lowest BCUT2D eigenvalue weighted by atomic mass is 9.89. The SMILES string of the molecule is Cc1ccc(NCCc2nc(C3CCCCC3)no2)cc1. The molecule has 1 fully saturated rings. The van der Waals surface area contributed by atoms with Crippen molar-refractivity contribution in [3.8, 4) is 0 Å². The quantitative estimate of drug-likeness (QED) is 0.899. The average molecular weight is 285 g/mol. The van der Waals surface area contributed by atoms with Crippen molar-refractivity contribution in [2.45, 2.75) is 51.4 Å². The summed E-state index contributed by atoms with van der Waals surface area (Å²) in [5.74, 6) is 2.18. The van der Waals surface area contributed by atoms with Crippen LogP contribution in [0, 0.1) is 6.92 Å². The minimum absolute atomic E-state index is 0.515. The van der Waals surface area contributed by atoms with Crippen LogP contribution in [0.2, 0.25) is 0 Å². The van der Waals surface area contributed by atoms with Crippen molar-refractivity contribution in [1.29, 1.82) is 0 Å². The molecule has 1 aliphatic rings. The van der Waals surface area contributed by atoms with Gasteiger partial charge in [-0.2, -0.15) is 4.98 Å². The molecule has 0 spiro atoms. The maximum absolute atomic E-state index is 5.37. The first-order chi connectivity index (χ1) is 10.3. The molecule has 1 aromatic carbocycles. The molecule has 0 unspecified atom stereocenters. The van der Waals surface area contributed by atoms with E-state index in [0.29, 0.717) is 5.92 Å². The summed E-state index contributed by atoms with van der Waals surface area (Å²) in [6.07, 6.45) is 7.13. The Hall–Kier alpha value is -1.84. The molecule has 1 saturated carbocycles. The number of benzene rings is 1. The molecule has 4 heteroatoms. The van der Waals surface area contributed by atoms with Crippen LogP contribution in [-0.4, -0.2) is 16.7 Å². The molecule has 4 nitrogen and oxygen atoms in total. The largest absolute Gasteiger partial charge is 0.385 e. The smallest absolute Gasteiger partial charge is 0.228 e. The van der Waals surface area contributed by atoms with Crippen molar-refractivity contribution in [3.63, 3.8) is 0 Å². The van der Waals surface area contributed by atoms with Crippen LogP contribution >= 0.6 is 0 Å². The minimum atomic E-state index is 0.515. The summed E-state index contributed by atoms with van der Waals surface area (Å²) < 4.78 is 5.37. The zero-order valence-corrected chi connectivity index (χ0v) is 12.6. The number of nitrogens with one attached hydrogen (secondary N) is 1. The second-order valence-corrected chi connectivity index (χ2v) is 5.92. The molecular weight excluding hydrogens is 262 g/mol. The summed E-state index contributed by atoms with van der Waals surface area (Å²) in [4.78, 5) is 4.56. The first kappa shape index (κ1) is 14.1. The van der Waals surface area contributed by atoms with E-state index < -0.39 is 0 Å². The van der Waals surface area contributed by atoms with Gasteiger partial charge in [0.25, 0.3) is 0 Å². The molecule has 0 atom stereocenters. The molecule has 1 heterocycles. The van der Waals surface area contributed by atoms with Gasteiger partial charge in [-0.25, -0.2) is 0 Å². The van der Waals surface area contributed by atoms with E-state index in [9.17, 15) is 0 Å². The third-order valence-corrected chi connectivity index (χ3v) is 4.17. The van der Waals surface area contributed by atoms with Crippen LogP contribution < -0.4 is 5.32 Å². The number of aromatic nitrogens is 2. The molecule has 0 aliphatic heterocycles. The fraction of sp³-hybridized carbons (Fsp3) is 0.529. The highest BCUT2D eigenvalue weighted by atomic mass is 16.5. The summed E-state index contributed by atoms with van der Waals surface area (Å²) >= 11 is 0. The average Bonchev–Trinajstić information content (AvgIpc) is 2.99. The van der Waals surface area contributed by atoms with Gasteiger partial charge in [0.15, 0.2) is 5.82 Å². The minimum Gasteiger partial charge on any atom is -0.385 e. The van der Waals surface area contributed by atoms with Crippen LogP contribution in [-0.2, 0) is 6.42 Å². The summed E-state index contributed by atoms with van der Waals surface area (Å²) in [5, 5.41) is 7.54. The Bertz CT molecular complexity index is 556. The van der Waals surface area contributed by atoms with Gasteiger partial charge in [0.05, 0.1) is 0 Å². The molecular formula is C17H23N3O. The van der Waals surface area contributed by atoms with Crippen LogP contribution in [0.25, 0.3) is 0 Å². The maximum Gasteiger partial charge on any atom is 0.228 e. The van der Waals surface area contributed by atoms with E-state index in [4.69, 9.17) is 4.52 Å². The van der Waals surface area contributed by atoms with E-state index in [1.54, 1.807) is 0 Å². The highest BCUT2D eigenvalue weighted by Gasteiger charge is 2.20. The fourth-order valence-corrected chi connectivity index (χ4v) is 2.88. The Balaban J connectivity index is 1.49. The zero-order chi connectivity index (χ0) is 14.5.